The fraction of sp³-hybridized carbons (Fsp3) is 0.632. The van der Waals surface area contributed by atoms with E-state index < -0.39 is 0 Å². The molecule has 1 aromatic rings. The average molecular weight is 386 g/mol. The Kier molecular flexibility index (Phi) is 10.4. The molecule has 0 aromatic heterocycles. The highest BCUT2D eigenvalue weighted by Crippen LogP contribution is 2.28. The van der Waals surface area contributed by atoms with Crippen LogP contribution in [0.15, 0.2) is 18.2 Å². The molecule has 0 bridgehead atoms. The molecule has 1 amide bonds. The zero-order chi connectivity index (χ0) is 18.1. The van der Waals surface area contributed by atoms with Crippen molar-refractivity contribution in [2.45, 2.75) is 39.3 Å². The van der Waals surface area contributed by atoms with E-state index in [1.165, 1.54) is 0 Å². The third kappa shape index (κ3) is 6.67. The lowest BCUT2D eigenvalue weighted by atomic mass is 10.1. The van der Waals surface area contributed by atoms with E-state index >= 15 is 0 Å². The first-order valence-corrected chi connectivity index (χ1v) is 9.21. The van der Waals surface area contributed by atoms with Gasteiger partial charge < -0.3 is 25.0 Å². The van der Waals surface area contributed by atoms with Crippen molar-refractivity contribution in [1.29, 1.82) is 0 Å². The van der Waals surface area contributed by atoms with E-state index in [1.54, 1.807) is 7.11 Å². The number of nitrogens with zero attached hydrogens (tertiary/aromatic N) is 1. The number of carbonyl (C=O) groups excluding carboxylic acids is 1. The number of ether oxygens (including phenoxy) is 2. The van der Waals surface area contributed by atoms with Crippen LogP contribution in [0, 0.1) is 0 Å². The largest absolute Gasteiger partial charge is 0.493 e. The van der Waals surface area contributed by atoms with Crippen molar-refractivity contribution in [2.75, 3.05) is 39.9 Å². The fourth-order valence-electron chi connectivity index (χ4n) is 2.99. The van der Waals surface area contributed by atoms with Crippen molar-refractivity contribution in [3.05, 3.63) is 23.8 Å². The molecule has 0 spiro atoms. The molecule has 1 fully saturated rings. The zero-order valence-corrected chi connectivity index (χ0v) is 16.9. The lowest BCUT2D eigenvalue weighted by Gasteiger charge is -2.19. The summed E-state index contributed by atoms with van der Waals surface area (Å²) >= 11 is 0. The van der Waals surface area contributed by atoms with E-state index in [1.807, 2.05) is 18.2 Å². The summed E-state index contributed by atoms with van der Waals surface area (Å²) in [5.74, 6) is 1.50. The predicted molar refractivity (Wildman–Crippen MR) is 106 cm³/mol. The van der Waals surface area contributed by atoms with Gasteiger partial charge >= 0.3 is 0 Å². The van der Waals surface area contributed by atoms with Crippen LogP contribution < -0.4 is 20.1 Å². The van der Waals surface area contributed by atoms with Gasteiger partial charge in [0.2, 0.25) is 5.91 Å². The lowest BCUT2D eigenvalue weighted by Crippen LogP contribution is -2.39. The van der Waals surface area contributed by atoms with Crippen molar-refractivity contribution in [3.8, 4) is 11.5 Å². The predicted octanol–water partition coefficient (Wildman–Crippen LogP) is 2.21. The van der Waals surface area contributed by atoms with Crippen molar-refractivity contribution < 1.29 is 14.3 Å². The van der Waals surface area contributed by atoms with Crippen molar-refractivity contribution in [2.24, 2.45) is 0 Å². The van der Waals surface area contributed by atoms with Crippen LogP contribution in [0.4, 0.5) is 0 Å². The number of benzene rings is 1. The van der Waals surface area contributed by atoms with Gasteiger partial charge in [-0.1, -0.05) is 19.9 Å². The van der Waals surface area contributed by atoms with Crippen LogP contribution in [0.1, 0.15) is 32.3 Å². The van der Waals surface area contributed by atoms with E-state index in [4.69, 9.17) is 9.47 Å². The number of halogens is 1. The first-order chi connectivity index (χ1) is 12.2. The Balaban J connectivity index is 0.00000338. The van der Waals surface area contributed by atoms with Crippen LogP contribution in [0.25, 0.3) is 0 Å². The van der Waals surface area contributed by atoms with E-state index in [-0.39, 0.29) is 24.4 Å². The maximum Gasteiger partial charge on any atom is 0.237 e. The van der Waals surface area contributed by atoms with Gasteiger partial charge in [0.05, 0.1) is 13.2 Å². The van der Waals surface area contributed by atoms with E-state index in [0.717, 1.165) is 50.3 Å². The molecule has 6 nitrogen and oxygen atoms in total. The Bertz CT molecular complexity index is 547. The molecule has 1 heterocycles. The smallest absolute Gasteiger partial charge is 0.237 e. The summed E-state index contributed by atoms with van der Waals surface area (Å²) in [5, 5.41) is 6.19. The molecule has 1 aromatic carbocycles. The third-order valence-corrected chi connectivity index (χ3v) is 4.63. The second-order valence-electron chi connectivity index (χ2n) is 6.23. The SMILES string of the molecule is CCN(CC)CCOc1ccc(CNC(=O)C2CCCN2)cc1OC.Cl. The van der Waals surface area contributed by atoms with Crippen LogP contribution in [-0.2, 0) is 11.3 Å². The highest BCUT2D eigenvalue weighted by atomic mass is 35.5. The fourth-order valence-corrected chi connectivity index (χ4v) is 2.99. The van der Waals surface area contributed by atoms with Crippen LogP contribution >= 0.6 is 12.4 Å². The van der Waals surface area contributed by atoms with Crippen LogP contribution in [0.3, 0.4) is 0 Å². The number of hydrogen-bond acceptors (Lipinski definition) is 5. The number of carbonyl (C=O) groups is 1. The molecule has 2 rings (SSSR count). The number of nitrogens with one attached hydrogen (secondary N) is 2. The second kappa shape index (κ2) is 12.0. The van der Waals surface area contributed by atoms with Gasteiger partial charge in [0.1, 0.15) is 6.61 Å². The quantitative estimate of drug-likeness (QED) is 0.646. The standard InChI is InChI=1S/C19H31N3O3.ClH/c1-4-22(5-2)11-12-25-17-9-8-15(13-18(17)24-3)14-21-19(23)16-7-6-10-20-16;/h8-9,13,16,20H,4-7,10-12,14H2,1-3H3,(H,21,23);1H. The topological polar surface area (TPSA) is 62.8 Å². The Hall–Kier alpha value is -1.50. The molecule has 1 aliphatic rings. The molecule has 0 aliphatic carbocycles. The zero-order valence-electron chi connectivity index (χ0n) is 16.0. The van der Waals surface area contributed by atoms with Gasteiger partial charge in [-0.3, -0.25) is 4.79 Å². The van der Waals surface area contributed by atoms with E-state index in [0.29, 0.717) is 18.9 Å². The number of rotatable bonds is 10. The maximum atomic E-state index is 12.1. The van der Waals surface area contributed by atoms with Gasteiger partial charge in [0.15, 0.2) is 11.5 Å². The molecule has 7 heteroatoms. The molecule has 1 unspecified atom stereocenters. The molecular formula is C19H32ClN3O3. The average Bonchev–Trinajstić information content (AvgIpc) is 3.18. The first-order valence-electron chi connectivity index (χ1n) is 9.21. The van der Waals surface area contributed by atoms with E-state index in [2.05, 4.69) is 29.4 Å². The van der Waals surface area contributed by atoms with Crippen LogP contribution in [0.2, 0.25) is 0 Å². The normalized spacial score (nSPS) is 16.2. The minimum Gasteiger partial charge on any atom is -0.493 e. The highest BCUT2D eigenvalue weighted by Gasteiger charge is 2.21. The number of likely N-dealkylation sites (N-methyl/N-ethyl adjacent to an activating group) is 1. The molecule has 2 N–H and O–H groups in total. The number of methoxy groups -OCH3 is 1. The Morgan fingerprint density at radius 3 is 2.69 bits per heavy atom. The molecule has 1 aliphatic heterocycles. The minimum atomic E-state index is -0.0513. The van der Waals surface area contributed by atoms with Gasteiger partial charge in [-0.2, -0.15) is 0 Å². The first kappa shape index (κ1) is 22.5. The summed E-state index contributed by atoms with van der Waals surface area (Å²) in [6, 6.07) is 5.76. The van der Waals surface area contributed by atoms with Gasteiger partial charge in [-0.15, -0.1) is 12.4 Å². The maximum absolute atomic E-state index is 12.1. The second-order valence-corrected chi connectivity index (χ2v) is 6.23. The third-order valence-electron chi connectivity index (χ3n) is 4.63. The van der Waals surface area contributed by atoms with Crippen molar-refractivity contribution in [1.82, 2.24) is 15.5 Å². The highest BCUT2D eigenvalue weighted by molar-refractivity contribution is 5.85. The van der Waals surface area contributed by atoms with Crippen molar-refractivity contribution >= 4 is 18.3 Å². The molecule has 1 saturated heterocycles. The molecular weight excluding hydrogens is 354 g/mol. The van der Waals surface area contributed by atoms with Gasteiger partial charge in [-0.25, -0.2) is 0 Å². The monoisotopic (exact) mass is 385 g/mol. The lowest BCUT2D eigenvalue weighted by molar-refractivity contribution is -0.122. The summed E-state index contributed by atoms with van der Waals surface area (Å²) in [5.41, 5.74) is 0.999. The van der Waals surface area contributed by atoms with Gasteiger partial charge in [-0.05, 0) is 50.2 Å². The Morgan fingerprint density at radius 1 is 1.31 bits per heavy atom. The molecule has 0 radical (unpaired) electrons. The summed E-state index contributed by atoms with van der Waals surface area (Å²) in [6.45, 7) is 9.27. The molecule has 148 valence electrons. The van der Waals surface area contributed by atoms with E-state index in [9.17, 15) is 4.79 Å². The summed E-state index contributed by atoms with van der Waals surface area (Å²) in [7, 11) is 1.64. The van der Waals surface area contributed by atoms with Crippen LogP contribution in [-0.4, -0.2) is 56.7 Å². The van der Waals surface area contributed by atoms with Gasteiger partial charge in [0.25, 0.3) is 0 Å². The van der Waals surface area contributed by atoms with Crippen LogP contribution in [0.5, 0.6) is 11.5 Å². The number of amides is 1. The summed E-state index contributed by atoms with van der Waals surface area (Å²) < 4.78 is 11.3. The van der Waals surface area contributed by atoms with Crippen molar-refractivity contribution in [3.63, 3.8) is 0 Å². The minimum absolute atomic E-state index is 0. The summed E-state index contributed by atoms with van der Waals surface area (Å²) in [4.78, 5) is 14.4. The molecule has 0 saturated carbocycles. The molecule has 1 atom stereocenters. The Morgan fingerprint density at radius 2 is 2.08 bits per heavy atom. The summed E-state index contributed by atoms with van der Waals surface area (Å²) in [6.07, 6.45) is 1.97. The Labute approximate surface area is 163 Å². The number of hydrogen-bond donors (Lipinski definition) is 2. The van der Waals surface area contributed by atoms with Gasteiger partial charge in [0, 0.05) is 13.1 Å². The molecule has 26 heavy (non-hydrogen) atoms.